The number of ether oxygens (including phenoxy) is 1. The number of carbonyl (C=O) groups is 2. The summed E-state index contributed by atoms with van der Waals surface area (Å²) in [4.78, 5) is 41.1. The summed E-state index contributed by atoms with van der Waals surface area (Å²) in [6.07, 6.45) is 5.18. The summed E-state index contributed by atoms with van der Waals surface area (Å²) in [5, 5.41) is 27.6. The number of carboxylic acid groups (broad SMARTS) is 1. The van der Waals surface area contributed by atoms with E-state index in [-0.39, 0.29) is 7.43 Å². The Bertz CT molecular complexity index is 3380. The molecule has 16 nitrogen and oxygen atoms in total. The zero-order chi connectivity index (χ0) is 62.1. The third-order valence-electron chi connectivity index (χ3n) is 16.5. The molecule has 4 fully saturated rings. The summed E-state index contributed by atoms with van der Waals surface area (Å²) in [6, 6.07) is 20.4. The lowest BCUT2D eigenvalue weighted by Crippen LogP contribution is -2.47. The number of carbonyl (C=O) groups excluding carboxylic acids is 1. The summed E-state index contributed by atoms with van der Waals surface area (Å²) in [5.41, 5.74) is 14.5. The van der Waals surface area contributed by atoms with Gasteiger partial charge in [0.15, 0.2) is 0 Å². The Balaban J connectivity index is 0.000000194. The Morgan fingerprint density at radius 1 is 0.767 bits per heavy atom. The van der Waals surface area contributed by atoms with Crippen molar-refractivity contribution in [3.63, 3.8) is 0 Å². The lowest BCUT2D eigenvalue weighted by molar-refractivity contribution is -0.192. The number of nitrogens with zero attached hydrogens (tertiary/aromatic N) is 8. The summed E-state index contributed by atoms with van der Waals surface area (Å²) in [7, 11) is 5.26. The van der Waals surface area contributed by atoms with Crippen LogP contribution in [-0.2, 0) is 9.59 Å². The summed E-state index contributed by atoms with van der Waals surface area (Å²) in [6.45, 7) is 13.0. The molecular weight excluding hydrogens is 1250 g/mol. The lowest BCUT2D eigenvalue weighted by Gasteiger charge is -2.43. The van der Waals surface area contributed by atoms with E-state index in [0.29, 0.717) is 76.7 Å². The number of aliphatic carboxylic acids is 1. The molecule has 2 saturated carbocycles. The number of halogens is 10. The van der Waals surface area contributed by atoms with E-state index in [0.717, 1.165) is 93.8 Å². The number of aldehydes is 1. The van der Waals surface area contributed by atoms with Gasteiger partial charge in [-0.2, -0.15) is 36.5 Å². The first-order valence-corrected chi connectivity index (χ1v) is 31.7. The van der Waals surface area contributed by atoms with Gasteiger partial charge >= 0.3 is 18.3 Å². The fourth-order valence-electron chi connectivity index (χ4n) is 11.3. The molecule has 2 spiro atoms. The van der Waals surface area contributed by atoms with Crippen molar-refractivity contribution in [1.82, 2.24) is 45.4 Å². The Kier molecular flexibility index (Phi) is 24.3. The van der Waals surface area contributed by atoms with Crippen LogP contribution in [0.4, 0.5) is 38.0 Å². The molecule has 2 unspecified atom stereocenters. The van der Waals surface area contributed by atoms with Crippen molar-refractivity contribution in [1.29, 1.82) is 0 Å². The highest BCUT2D eigenvalue weighted by Gasteiger charge is 2.45. The maximum atomic E-state index is 10.6. The molecule has 6 heterocycles. The van der Waals surface area contributed by atoms with E-state index >= 15 is 0 Å². The van der Waals surface area contributed by atoms with E-state index < -0.39 is 24.6 Å². The minimum atomic E-state index is -5.08. The van der Waals surface area contributed by atoms with E-state index in [9.17, 15) is 26.3 Å². The lowest BCUT2D eigenvalue weighted by atomic mass is 9.74. The van der Waals surface area contributed by atoms with Crippen LogP contribution < -0.4 is 25.4 Å². The van der Waals surface area contributed by atoms with Crippen LogP contribution in [0.2, 0.25) is 20.1 Å². The molecule has 0 bridgehead atoms. The van der Waals surface area contributed by atoms with Crippen LogP contribution in [0, 0.1) is 16.2 Å². The SMILES string of the molecule is C.COc1ccc([C@@H](C)C(C)(C)C)cc1.N[C@@H]1CCCC12CCN(c1cnc3c(-c4cccc(Cl)c4Cl)[nH]nc3n1)CC2.O=C(O)C(F)(F)F.O=CC(F)(F)F.PPN[C@@H]1CCCC12CCN(c1cnc3c(-c4cccc(Cl)c4Cl)[nH]nc3n1)CC2. The van der Waals surface area contributed by atoms with Crippen LogP contribution in [-0.4, -0.2) is 115 Å². The number of nitrogens with one attached hydrogen (secondary N) is 3. The van der Waals surface area contributed by atoms with Gasteiger partial charge in [-0.3, -0.25) is 20.1 Å². The molecule has 7 aromatic rings. The van der Waals surface area contributed by atoms with Gasteiger partial charge < -0.3 is 25.4 Å². The molecule has 2 saturated heterocycles. The number of rotatable bonds is 8. The number of H-pyrrole nitrogens is 2. The Morgan fingerprint density at radius 3 is 1.58 bits per heavy atom. The first-order valence-electron chi connectivity index (χ1n) is 27.4. The van der Waals surface area contributed by atoms with Crippen molar-refractivity contribution in [3.05, 3.63) is 98.7 Å². The summed E-state index contributed by atoms with van der Waals surface area (Å²) < 4.78 is 68.1. The molecule has 0 amide bonds. The number of carboxylic acids is 1. The number of aromatic nitrogens is 8. The Labute approximate surface area is 520 Å². The topological polar surface area (TPSA) is 217 Å². The fraction of sp³-hybridized carbons (Fsp3) is 0.483. The molecule has 86 heavy (non-hydrogen) atoms. The number of fused-ring (bicyclic) bond motifs is 2. The number of nitrogens with two attached hydrogens (primary N) is 1. The second kappa shape index (κ2) is 29.9. The largest absolute Gasteiger partial charge is 0.497 e. The number of methoxy groups -OCH3 is 1. The third-order valence-corrected chi connectivity index (χ3v) is 19.2. The number of piperidine rings is 2. The number of hydrogen-bond acceptors (Lipinski definition) is 13. The van der Waals surface area contributed by atoms with Crippen molar-refractivity contribution in [2.75, 3.05) is 43.1 Å². The van der Waals surface area contributed by atoms with Gasteiger partial charge in [-0.15, -0.1) is 0 Å². The predicted molar refractivity (Wildman–Crippen MR) is 336 cm³/mol. The van der Waals surface area contributed by atoms with E-state index in [4.69, 9.17) is 81.5 Å². The normalized spacial score (nSPS) is 18.5. The minimum Gasteiger partial charge on any atom is -0.497 e. The Morgan fingerprint density at radius 2 is 1.20 bits per heavy atom. The van der Waals surface area contributed by atoms with Gasteiger partial charge in [0, 0.05) is 49.4 Å². The quantitative estimate of drug-likeness (QED) is 0.0543. The van der Waals surface area contributed by atoms with Crippen molar-refractivity contribution in [3.8, 4) is 28.3 Å². The predicted octanol–water partition coefficient (Wildman–Crippen LogP) is 15.7. The van der Waals surface area contributed by atoms with Gasteiger partial charge in [0.1, 0.15) is 28.4 Å². The zero-order valence-electron chi connectivity index (χ0n) is 47.3. The summed E-state index contributed by atoms with van der Waals surface area (Å²) >= 11 is 25.1. The number of alkyl halides is 6. The van der Waals surface area contributed by atoms with Gasteiger partial charge in [0.05, 0.1) is 51.0 Å². The van der Waals surface area contributed by atoms with Gasteiger partial charge in [0.2, 0.25) is 17.6 Å². The second-order valence-corrected chi connectivity index (χ2v) is 25.5. The monoisotopic (exact) mass is 1320 g/mol. The highest BCUT2D eigenvalue weighted by Crippen LogP contribution is 2.49. The smallest absolute Gasteiger partial charge is 0.490 e. The maximum Gasteiger partial charge on any atom is 0.490 e. The molecule has 0 radical (unpaired) electrons. The molecule has 5 atom stereocenters. The van der Waals surface area contributed by atoms with Crippen LogP contribution in [0.25, 0.3) is 44.8 Å². The van der Waals surface area contributed by atoms with Gasteiger partial charge in [-0.1, -0.05) is 140 Å². The number of benzene rings is 3. The van der Waals surface area contributed by atoms with Gasteiger partial charge in [0.25, 0.3) is 0 Å². The van der Waals surface area contributed by atoms with Crippen LogP contribution in [0.15, 0.2) is 73.1 Å². The molecule has 2 aliphatic carbocycles. The molecule has 11 rings (SSSR count). The highest BCUT2D eigenvalue weighted by atomic mass is 35.5. The number of hydrogen-bond donors (Lipinski definition) is 5. The third kappa shape index (κ3) is 17.2. The number of anilines is 2. The molecule has 28 heteroatoms. The molecular formula is C58H72Cl4F6N12O4P2. The van der Waals surface area contributed by atoms with Crippen molar-refractivity contribution >= 4 is 110 Å². The highest BCUT2D eigenvalue weighted by molar-refractivity contribution is 8.01. The standard InChI is InChI=1S/C20H24Cl2N6P2.C20H22Cl2N6.C13H20O.C2HF3O2.C2HF3O.CH4/c21-13-4-1-3-12(16(13)22)17-18-19(26-25-17)24-15(11-23-18)28-9-7-20(8-10-28)6-2-5-14(20)27-30-29;21-13-4-1-3-12(16(13)22)17-18-19(27-26-17)25-15(11-24-18)28-9-7-20(8-10-28)6-2-5-14(20)23;1-10(13(2,3)4)11-6-8-12(14-5)9-7-11;3-2(4,5)1(6)7;3-2(4,5)1-6;/h1,3-4,11,14,27,30H,2,5-10,29H2,(H,24,25,26);1,3-4,11,14H,2,5-10,23H2,(H,25,26,27);6-10H,1-5H3;(H,6,7);1H;1H4/t2*14-;10-;;;/m111.../s1. The van der Waals surface area contributed by atoms with Gasteiger partial charge in [-0.25, -0.2) is 24.7 Å². The zero-order valence-corrected chi connectivity index (χ0v) is 52.5. The van der Waals surface area contributed by atoms with Crippen LogP contribution in [0.5, 0.6) is 5.75 Å². The molecule has 2 aliphatic heterocycles. The summed E-state index contributed by atoms with van der Waals surface area (Å²) in [5.74, 6) is 0.489. The molecule has 4 aromatic heterocycles. The number of aromatic amines is 2. The van der Waals surface area contributed by atoms with Crippen molar-refractivity contribution < 1.29 is 45.8 Å². The molecule has 4 aliphatic rings. The van der Waals surface area contributed by atoms with Crippen molar-refractivity contribution in [2.24, 2.45) is 22.0 Å². The fourth-order valence-corrected chi connectivity index (χ4v) is 13.3. The molecule has 468 valence electrons. The van der Waals surface area contributed by atoms with Crippen molar-refractivity contribution in [2.45, 2.75) is 130 Å². The molecule has 3 aromatic carbocycles. The second-order valence-electron chi connectivity index (χ2n) is 22.5. The van der Waals surface area contributed by atoms with Gasteiger partial charge in [-0.05, 0) is 112 Å². The first kappa shape index (κ1) is 69.9. The minimum absolute atomic E-state index is 0. The van der Waals surface area contributed by atoms with E-state index in [1.54, 1.807) is 19.2 Å². The maximum absolute atomic E-state index is 10.6. The van der Waals surface area contributed by atoms with E-state index in [2.05, 4.69) is 94.0 Å². The average Bonchev–Trinajstić information content (AvgIpc) is 1.92. The Hall–Kier alpha value is -5.18. The van der Waals surface area contributed by atoms with Crippen LogP contribution in [0.1, 0.15) is 111 Å². The van der Waals surface area contributed by atoms with E-state index in [1.807, 2.05) is 48.8 Å². The van der Waals surface area contributed by atoms with Crippen LogP contribution >= 0.6 is 63.8 Å². The average molecular weight is 1320 g/mol. The first-order chi connectivity index (χ1) is 40.1. The molecule has 6 N–H and O–H groups in total. The van der Waals surface area contributed by atoms with E-state index in [1.165, 1.54) is 50.5 Å². The van der Waals surface area contributed by atoms with Crippen LogP contribution in [0.3, 0.4) is 0 Å².